The van der Waals surface area contributed by atoms with Gasteiger partial charge in [0.2, 0.25) is 0 Å². The van der Waals surface area contributed by atoms with E-state index in [1.54, 1.807) is 6.07 Å². The molecule has 1 unspecified atom stereocenters. The third-order valence-electron chi connectivity index (χ3n) is 2.93. The van der Waals surface area contributed by atoms with Crippen molar-refractivity contribution < 1.29 is 14.5 Å². The number of nitro groups is 1. The summed E-state index contributed by atoms with van der Waals surface area (Å²) in [5.74, 6) is -0.342. The number of ether oxygens (including phenoxy) is 1. The van der Waals surface area contributed by atoms with Gasteiger partial charge in [-0.2, -0.15) is 0 Å². The molecule has 19 heavy (non-hydrogen) atoms. The van der Waals surface area contributed by atoms with E-state index in [9.17, 15) is 14.9 Å². The van der Waals surface area contributed by atoms with Gasteiger partial charge in [-0.25, -0.2) is 0 Å². The highest BCUT2D eigenvalue weighted by Gasteiger charge is 2.21. The van der Waals surface area contributed by atoms with Gasteiger partial charge in [0.1, 0.15) is 4.47 Å². The second kappa shape index (κ2) is 6.12. The Hall–Kier alpha value is -1.47. The zero-order valence-electron chi connectivity index (χ0n) is 10.1. The van der Waals surface area contributed by atoms with Gasteiger partial charge >= 0.3 is 0 Å². The fourth-order valence-electron chi connectivity index (χ4n) is 1.94. The number of benzene rings is 1. The number of carbonyl (C=O) groups is 1. The van der Waals surface area contributed by atoms with Crippen LogP contribution in [0.1, 0.15) is 23.2 Å². The van der Waals surface area contributed by atoms with Crippen LogP contribution in [0.2, 0.25) is 0 Å². The van der Waals surface area contributed by atoms with Gasteiger partial charge in [-0.05, 0) is 34.8 Å². The molecule has 0 aliphatic carbocycles. The number of amides is 1. The van der Waals surface area contributed by atoms with Crippen molar-refractivity contribution >= 4 is 27.5 Å². The number of hydrogen-bond donors (Lipinski definition) is 1. The molecular weight excluding hydrogens is 316 g/mol. The first-order valence-corrected chi connectivity index (χ1v) is 6.71. The number of nitrogens with one attached hydrogen (secondary N) is 1. The van der Waals surface area contributed by atoms with E-state index in [0.29, 0.717) is 6.54 Å². The van der Waals surface area contributed by atoms with Gasteiger partial charge in [-0.3, -0.25) is 14.9 Å². The summed E-state index contributed by atoms with van der Waals surface area (Å²) in [5.41, 5.74) is 0.136. The number of hydrogen-bond acceptors (Lipinski definition) is 4. The molecule has 1 heterocycles. The van der Waals surface area contributed by atoms with Crippen molar-refractivity contribution in [2.24, 2.45) is 0 Å². The molecule has 1 aliphatic heterocycles. The molecule has 1 aromatic rings. The summed E-state index contributed by atoms with van der Waals surface area (Å²) in [5, 5.41) is 13.5. The summed E-state index contributed by atoms with van der Waals surface area (Å²) >= 11 is 3.10. The van der Waals surface area contributed by atoms with E-state index >= 15 is 0 Å². The Morgan fingerprint density at radius 1 is 1.58 bits per heavy atom. The molecule has 0 bridgehead atoms. The van der Waals surface area contributed by atoms with Crippen molar-refractivity contribution in [3.63, 3.8) is 0 Å². The molecule has 0 spiro atoms. The minimum Gasteiger partial charge on any atom is -0.376 e. The predicted octanol–water partition coefficient (Wildman–Crippen LogP) is 2.27. The van der Waals surface area contributed by atoms with Crippen molar-refractivity contribution in [3.8, 4) is 0 Å². The molecule has 0 radical (unpaired) electrons. The first kappa shape index (κ1) is 14.0. The molecule has 1 aliphatic rings. The Morgan fingerprint density at radius 2 is 2.37 bits per heavy atom. The van der Waals surface area contributed by atoms with Crippen LogP contribution in [0.4, 0.5) is 5.69 Å². The van der Waals surface area contributed by atoms with Crippen LogP contribution in [-0.2, 0) is 4.74 Å². The number of rotatable bonds is 4. The van der Waals surface area contributed by atoms with Crippen LogP contribution in [0, 0.1) is 10.1 Å². The van der Waals surface area contributed by atoms with Crippen LogP contribution >= 0.6 is 15.9 Å². The molecule has 1 amide bonds. The first-order valence-electron chi connectivity index (χ1n) is 5.92. The smallest absolute Gasteiger partial charge is 0.284 e. The number of nitrogens with zero attached hydrogens (tertiary/aromatic N) is 1. The highest BCUT2D eigenvalue weighted by atomic mass is 79.9. The van der Waals surface area contributed by atoms with Crippen LogP contribution in [0.25, 0.3) is 0 Å². The van der Waals surface area contributed by atoms with Gasteiger partial charge in [0.25, 0.3) is 11.6 Å². The monoisotopic (exact) mass is 328 g/mol. The van der Waals surface area contributed by atoms with Gasteiger partial charge in [0, 0.05) is 19.2 Å². The molecular formula is C12H13BrN2O4. The molecule has 102 valence electrons. The summed E-state index contributed by atoms with van der Waals surface area (Å²) in [6.45, 7) is 1.15. The summed E-state index contributed by atoms with van der Waals surface area (Å²) in [7, 11) is 0. The van der Waals surface area contributed by atoms with Crippen LogP contribution in [0.3, 0.4) is 0 Å². The highest BCUT2D eigenvalue weighted by molar-refractivity contribution is 9.10. The fourth-order valence-corrected chi connectivity index (χ4v) is 2.53. The van der Waals surface area contributed by atoms with E-state index < -0.39 is 4.92 Å². The molecule has 6 nitrogen and oxygen atoms in total. The van der Waals surface area contributed by atoms with Crippen molar-refractivity contribution in [3.05, 3.63) is 38.3 Å². The Morgan fingerprint density at radius 3 is 3.00 bits per heavy atom. The topological polar surface area (TPSA) is 81.5 Å². The Balaban J connectivity index is 2.06. The van der Waals surface area contributed by atoms with Crippen molar-refractivity contribution in [2.75, 3.05) is 13.2 Å². The molecule has 0 aromatic heterocycles. The molecule has 1 saturated heterocycles. The molecule has 2 rings (SSSR count). The second-order valence-corrected chi connectivity index (χ2v) is 5.03. The van der Waals surface area contributed by atoms with Gasteiger partial charge in [-0.15, -0.1) is 0 Å². The van der Waals surface area contributed by atoms with Crippen LogP contribution in [0.15, 0.2) is 22.7 Å². The molecule has 1 aromatic carbocycles. The Kier molecular flexibility index (Phi) is 4.49. The Bertz CT molecular complexity index is 501. The van der Waals surface area contributed by atoms with Crippen LogP contribution < -0.4 is 5.32 Å². The van der Waals surface area contributed by atoms with Gasteiger partial charge in [-0.1, -0.05) is 6.07 Å². The minimum atomic E-state index is -0.527. The molecule has 7 heteroatoms. The van der Waals surface area contributed by atoms with E-state index in [0.717, 1.165) is 19.4 Å². The van der Waals surface area contributed by atoms with Gasteiger partial charge in [0.15, 0.2) is 0 Å². The van der Waals surface area contributed by atoms with E-state index in [1.165, 1.54) is 12.1 Å². The average molecular weight is 329 g/mol. The van der Waals surface area contributed by atoms with E-state index in [-0.39, 0.29) is 27.7 Å². The summed E-state index contributed by atoms with van der Waals surface area (Å²) in [4.78, 5) is 22.2. The fraction of sp³-hybridized carbons (Fsp3) is 0.417. The lowest BCUT2D eigenvalue weighted by atomic mass is 10.2. The van der Waals surface area contributed by atoms with Gasteiger partial charge in [0.05, 0.1) is 16.6 Å². The first-order chi connectivity index (χ1) is 9.09. The van der Waals surface area contributed by atoms with Crippen molar-refractivity contribution in [2.45, 2.75) is 18.9 Å². The van der Waals surface area contributed by atoms with E-state index in [2.05, 4.69) is 21.2 Å². The van der Waals surface area contributed by atoms with Gasteiger partial charge < -0.3 is 10.1 Å². The van der Waals surface area contributed by atoms with Crippen molar-refractivity contribution in [1.29, 1.82) is 0 Å². The highest BCUT2D eigenvalue weighted by Crippen LogP contribution is 2.28. The SMILES string of the molecule is O=C(NCC1CCCO1)c1cccc([N+](=O)[O-])c1Br. The standard InChI is InChI=1S/C12H13BrN2O4/c13-11-9(4-1-5-10(11)15(17)18)12(16)14-7-8-3-2-6-19-8/h1,4-5,8H,2-3,6-7H2,(H,14,16). The number of carbonyl (C=O) groups excluding carboxylic acids is 1. The van der Waals surface area contributed by atoms with E-state index in [4.69, 9.17) is 4.74 Å². The molecule has 0 saturated carbocycles. The predicted molar refractivity (Wildman–Crippen MR) is 72.1 cm³/mol. The van der Waals surface area contributed by atoms with Crippen LogP contribution in [0.5, 0.6) is 0 Å². The maximum Gasteiger partial charge on any atom is 0.284 e. The zero-order chi connectivity index (χ0) is 13.8. The summed E-state index contributed by atoms with van der Waals surface area (Å²) < 4.78 is 5.60. The summed E-state index contributed by atoms with van der Waals surface area (Å²) in [6.07, 6.45) is 1.97. The third kappa shape index (κ3) is 3.30. The third-order valence-corrected chi connectivity index (χ3v) is 3.77. The molecule has 1 fully saturated rings. The normalized spacial score (nSPS) is 18.3. The number of nitro benzene ring substituents is 1. The van der Waals surface area contributed by atoms with Crippen LogP contribution in [-0.4, -0.2) is 30.1 Å². The lowest BCUT2D eigenvalue weighted by molar-refractivity contribution is -0.385. The maximum atomic E-state index is 12.0. The Labute approximate surface area is 118 Å². The minimum absolute atomic E-state index is 0.0430. The number of halogens is 1. The summed E-state index contributed by atoms with van der Waals surface area (Å²) in [6, 6.07) is 4.38. The second-order valence-electron chi connectivity index (χ2n) is 4.24. The quantitative estimate of drug-likeness (QED) is 0.679. The maximum absolute atomic E-state index is 12.0. The lowest BCUT2D eigenvalue weighted by Crippen LogP contribution is -2.32. The molecule has 1 N–H and O–H groups in total. The average Bonchev–Trinajstić information content (AvgIpc) is 2.89. The van der Waals surface area contributed by atoms with Crippen molar-refractivity contribution in [1.82, 2.24) is 5.32 Å². The molecule has 1 atom stereocenters. The lowest BCUT2D eigenvalue weighted by Gasteiger charge is -2.11. The van der Waals surface area contributed by atoms with E-state index in [1.807, 2.05) is 0 Å². The largest absolute Gasteiger partial charge is 0.376 e. The zero-order valence-corrected chi connectivity index (χ0v) is 11.7.